The van der Waals surface area contributed by atoms with E-state index < -0.39 is 0 Å². The number of hydrogen-bond acceptors (Lipinski definition) is 5. The number of nitrogens with one attached hydrogen (secondary N) is 1. The monoisotopic (exact) mass is 404 g/mol. The number of carbonyl (C=O) groups is 1. The zero-order valence-corrected chi connectivity index (χ0v) is 17.4. The van der Waals surface area contributed by atoms with E-state index in [0.29, 0.717) is 24.6 Å². The Morgan fingerprint density at radius 3 is 2.63 bits per heavy atom. The van der Waals surface area contributed by atoms with Crippen LogP contribution in [0.5, 0.6) is 5.75 Å². The van der Waals surface area contributed by atoms with Gasteiger partial charge in [0.05, 0.1) is 12.1 Å². The lowest BCUT2D eigenvalue weighted by Gasteiger charge is -2.33. The second-order valence-electron chi connectivity index (χ2n) is 7.73. The Hall–Kier alpha value is -3.15. The summed E-state index contributed by atoms with van der Waals surface area (Å²) in [5.41, 5.74) is 1.65. The Labute approximate surface area is 177 Å². The van der Waals surface area contributed by atoms with E-state index in [1.165, 1.54) is 0 Å². The minimum atomic E-state index is -0.0266. The van der Waals surface area contributed by atoms with E-state index in [-0.39, 0.29) is 5.91 Å². The first-order valence-corrected chi connectivity index (χ1v) is 10.7. The molecule has 3 aromatic rings. The lowest BCUT2D eigenvalue weighted by Crippen LogP contribution is -2.39. The van der Waals surface area contributed by atoms with Crippen molar-refractivity contribution in [3.05, 3.63) is 60.4 Å². The van der Waals surface area contributed by atoms with Gasteiger partial charge in [-0.15, -0.1) is 0 Å². The quantitative estimate of drug-likeness (QED) is 0.643. The second-order valence-corrected chi connectivity index (χ2v) is 7.73. The summed E-state index contributed by atoms with van der Waals surface area (Å²) in [6.45, 7) is 5.33. The predicted molar refractivity (Wildman–Crippen MR) is 119 cm³/mol. The third kappa shape index (κ3) is 4.70. The Kier molecular flexibility index (Phi) is 6.42. The number of carbonyl (C=O) groups excluding carboxylic acids is 1. The minimum absolute atomic E-state index is 0.0266. The highest BCUT2D eigenvalue weighted by molar-refractivity contribution is 5.94. The summed E-state index contributed by atoms with van der Waals surface area (Å²) < 4.78 is 5.57. The fourth-order valence-corrected chi connectivity index (χ4v) is 3.85. The van der Waals surface area contributed by atoms with Crippen molar-refractivity contribution in [1.82, 2.24) is 15.3 Å². The lowest BCUT2D eigenvalue weighted by molar-refractivity contribution is 0.0945. The number of hydrogen-bond donors (Lipinski definition) is 1. The van der Waals surface area contributed by atoms with E-state index in [9.17, 15) is 4.79 Å². The van der Waals surface area contributed by atoms with E-state index in [2.05, 4.69) is 33.2 Å². The molecule has 1 aromatic heterocycles. The molecule has 0 atom stereocenters. The number of benzene rings is 2. The molecule has 156 valence electrons. The number of aromatic nitrogens is 2. The van der Waals surface area contributed by atoms with Gasteiger partial charge in [0.25, 0.3) is 5.91 Å². The first kappa shape index (κ1) is 20.1. The number of nitrogens with zero attached hydrogens (tertiary/aromatic N) is 3. The highest BCUT2D eigenvalue weighted by Gasteiger charge is 2.22. The number of anilines is 1. The van der Waals surface area contributed by atoms with Crippen molar-refractivity contribution < 1.29 is 9.53 Å². The maximum Gasteiger partial charge on any atom is 0.251 e. The lowest BCUT2D eigenvalue weighted by atomic mass is 9.96. The van der Waals surface area contributed by atoms with Gasteiger partial charge in [0.1, 0.15) is 17.9 Å². The van der Waals surface area contributed by atoms with Crippen molar-refractivity contribution in [2.45, 2.75) is 26.2 Å². The molecule has 6 nitrogen and oxygen atoms in total. The van der Waals surface area contributed by atoms with Crippen LogP contribution < -0.4 is 15.0 Å². The number of fused-ring (bicyclic) bond motifs is 1. The molecule has 6 heteroatoms. The molecule has 0 saturated carbocycles. The van der Waals surface area contributed by atoms with Crippen molar-refractivity contribution in [3.8, 4) is 5.75 Å². The summed E-state index contributed by atoms with van der Waals surface area (Å²) in [6, 6.07) is 15.5. The number of ether oxygens (including phenoxy) is 1. The Bertz CT molecular complexity index is 977. The van der Waals surface area contributed by atoms with Gasteiger partial charge in [0.2, 0.25) is 0 Å². The summed E-state index contributed by atoms with van der Waals surface area (Å²) >= 11 is 0. The molecule has 0 radical (unpaired) electrons. The predicted octanol–water partition coefficient (Wildman–Crippen LogP) is 4.07. The number of piperidine rings is 1. The number of para-hydroxylation sites is 1. The highest BCUT2D eigenvalue weighted by atomic mass is 16.5. The van der Waals surface area contributed by atoms with Gasteiger partial charge in [-0.1, -0.05) is 19.1 Å². The van der Waals surface area contributed by atoms with Crippen LogP contribution in [0.3, 0.4) is 0 Å². The largest absolute Gasteiger partial charge is 0.494 e. The third-order valence-corrected chi connectivity index (χ3v) is 5.58. The molecule has 0 bridgehead atoms. The van der Waals surface area contributed by atoms with Gasteiger partial charge >= 0.3 is 0 Å². The van der Waals surface area contributed by atoms with Gasteiger partial charge in [-0.05, 0) is 61.6 Å². The molecule has 1 aliphatic heterocycles. The Morgan fingerprint density at radius 2 is 1.87 bits per heavy atom. The SMILES string of the molecule is CCCOc1ccc(C(=O)NCC2CCN(c3ncnc4ccccc34)CC2)cc1. The van der Waals surface area contributed by atoms with Crippen LogP contribution in [-0.2, 0) is 0 Å². The highest BCUT2D eigenvalue weighted by Crippen LogP contribution is 2.27. The van der Waals surface area contributed by atoms with Crippen LogP contribution in [0, 0.1) is 5.92 Å². The average molecular weight is 405 g/mol. The van der Waals surface area contributed by atoms with Gasteiger partial charge in [-0.3, -0.25) is 4.79 Å². The van der Waals surface area contributed by atoms with Gasteiger partial charge in [0.15, 0.2) is 0 Å². The summed E-state index contributed by atoms with van der Waals surface area (Å²) in [4.78, 5) is 23.7. The van der Waals surface area contributed by atoms with Crippen LogP contribution >= 0.6 is 0 Å². The molecule has 2 heterocycles. The molecular formula is C24H28N4O2. The van der Waals surface area contributed by atoms with Crippen LogP contribution in [0.2, 0.25) is 0 Å². The molecule has 0 unspecified atom stereocenters. The van der Waals surface area contributed by atoms with Gasteiger partial charge < -0.3 is 15.0 Å². The van der Waals surface area contributed by atoms with Crippen LogP contribution in [0.4, 0.5) is 5.82 Å². The maximum absolute atomic E-state index is 12.5. The molecule has 0 aliphatic carbocycles. The van der Waals surface area contributed by atoms with Crippen molar-refractivity contribution in [2.75, 3.05) is 31.1 Å². The Morgan fingerprint density at radius 1 is 1.10 bits per heavy atom. The number of amides is 1. The van der Waals surface area contributed by atoms with E-state index in [1.54, 1.807) is 6.33 Å². The van der Waals surface area contributed by atoms with Crippen LogP contribution in [0.1, 0.15) is 36.5 Å². The number of rotatable bonds is 7. The summed E-state index contributed by atoms with van der Waals surface area (Å²) in [5.74, 6) is 2.26. The molecule has 1 N–H and O–H groups in total. The summed E-state index contributed by atoms with van der Waals surface area (Å²) in [7, 11) is 0. The van der Waals surface area contributed by atoms with E-state index in [0.717, 1.165) is 54.8 Å². The first-order chi connectivity index (χ1) is 14.7. The van der Waals surface area contributed by atoms with Crippen molar-refractivity contribution in [1.29, 1.82) is 0 Å². The molecule has 2 aromatic carbocycles. The van der Waals surface area contributed by atoms with Crippen molar-refractivity contribution >= 4 is 22.6 Å². The zero-order valence-electron chi connectivity index (χ0n) is 17.4. The fourth-order valence-electron chi connectivity index (χ4n) is 3.85. The van der Waals surface area contributed by atoms with E-state index >= 15 is 0 Å². The van der Waals surface area contributed by atoms with Crippen LogP contribution in [0.15, 0.2) is 54.9 Å². The smallest absolute Gasteiger partial charge is 0.251 e. The van der Waals surface area contributed by atoms with Crippen molar-refractivity contribution in [3.63, 3.8) is 0 Å². The first-order valence-electron chi connectivity index (χ1n) is 10.7. The van der Waals surface area contributed by atoms with E-state index in [4.69, 9.17) is 4.74 Å². The standard InChI is InChI=1S/C24H28N4O2/c1-2-15-30-20-9-7-19(8-10-20)24(29)25-16-18-11-13-28(14-12-18)23-21-5-3-4-6-22(21)26-17-27-23/h3-10,17-18H,2,11-16H2,1H3,(H,25,29). The minimum Gasteiger partial charge on any atom is -0.494 e. The molecule has 1 saturated heterocycles. The fraction of sp³-hybridized carbons (Fsp3) is 0.375. The van der Waals surface area contributed by atoms with Crippen LogP contribution in [0.25, 0.3) is 10.9 Å². The van der Waals surface area contributed by atoms with E-state index in [1.807, 2.05) is 42.5 Å². The average Bonchev–Trinajstić information content (AvgIpc) is 2.81. The topological polar surface area (TPSA) is 67.3 Å². The van der Waals surface area contributed by atoms with Gasteiger partial charge in [0, 0.05) is 30.6 Å². The molecule has 1 amide bonds. The molecule has 1 fully saturated rings. The summed E-state index contributed by atoms with van der Waals surface area (Å²) in [5, 5.41) is 4.19. The summed E-state index contributed by atoms with van der Waals surface area (Å²) in [6.07, 6.45) is 4.67. The Balaban J connectivity index is 1.28. The maximum atomic E-state index is 12.5. The molecule has 1 aliphatic rings. The van der Waals surface area contributed by atoms with Gasteiger partial charge in [-0.25, -0.2) is 9.97 Å². The van der Waals surface area contributed by atoms with Gasteiger partial charge in [-0.2, -0.15) is 0 Å². The normalized spacial score (nSPS) is 14.6. The second kappa shape index (κ2) is 9.57. The molecule has 4 rings (SSSR count). The zero-order chi connectivity index (χ0) is 20.8. The molecule has 0 spiro atoms. The third-order valence-electron chi connectivity index (χ3n) is 5.58. The molecular weight excluding hydrogens is 376 g/mol. The van der Waals surface area contributed by atoms with Crippen LogP contribution in [-0.4, -0.2) is 42.1 Å². The molecule has 30 heavy (non-hydrogen) atoms. The van der Waals surface area contributed by atoms with Crippen molar-refractivity contribution in [2.24, 2.45) is 5.92 Å².